The van der Waals surface area contributed by atoms with Crippen molar-refractivity contribution in [3.8, 4) is 0 Å². The number of hydrogen-bond donors (Lipinski definition) is 3. The summed E-state index contributed by atoms with van der Waals surface area (Å²) in [5.74, 6) is 0.622. The summed E-state index contributed by atoms with van der Waals surface area (Å²) in [5, 5.41) is 6.40. The number of nitrogens with zero attached hydrogens (tertiary/aromatic N) is 1. The molecule has 1 aliphatic heterocycles. The molecule has 3 aliphatic rings. The summed E-state index contributed by atoms with van der Waals surface area (Å²) < 4.78 is 0. The molecule has 3 amide bonds. The van der Waals surface area contributed by atoms with E-state index < -0.39 is 0 Å². The lowest BCUT2D eigenvalue weighted by molar-refractivity contribution is -0.126. The Bertz CT molecular complexity index is 456. The number of rotatable bonds is 4. The van der Waals surface area contributed by atoms with Crippen molar-refractivity contribution in [1.82, 2.24) is 15.5 Å². The van der Waals surface area contributed by atoms with Crippen molar-refractivity contribution >= 4 is 11.9 Å². The van der Waals surface area contributed by atoms with Crippen LogP contribution in [0.25, 0.3) is 0 Å². The van der Waals surface area contributed by atoms with Crippen LogP contribution in [0.1, 0.15) is 64.2 Å². The molecule has 0 aromatic carbocycles. The van der Waals surface area contributed by atoms with Crippen LogP contribution in [0, 0.1) is 11.8 Å². The molecule has 0 spiro atoms. The van der Waals surface area contributed by atoms with Gasteiger partial charge in [-0.1, -0.05) is 25.7 Å². The Morgan fingerprint density at radius 2 is 1.52 bits per heavy atom. The fraction of sp³-hybridized carbons (Fsp3) is 0.895. The van der Waals surface area contributed by atoms with Crippen molar-refractivity contribution < 1.29 is 9.59 Å². The molecule has 0 bridgehead atoms. The molecule has 6 heteroatoms. The number of hydrogen-bond acceptors (Lipinski definition) is 3. The number of amides is 3. The minimum absolute atomic E-state index is 0.0793. The number of carbonyl (C=O) groups excluding carboxylic acids is 2. The van der Waals surface area contributed by atoms with Gasteiger partial charge in [-0.25, -0.2) is 4.79 Å². The molecular weight excluding hydrogens is 316 g/mol. The van der Waals surface area contributed by atoms with E-state index in [4.69, 9.17) is 5.73 Å². The molecule has 2 aliphatic carbocycles. The predicted octanol–water partition coefficient (Wildman–Crippen LogP) is 1.98. The van der Waals surface area contributed by atoms with E-state index in [1.807, 2.05) is 4.90 Å². The second kappa shape index (κ2) is 8.88. The maximum Gasteiger partial charge on any atom is 0.317 e. The third kappa shape index (κ3) is 4.87. The van der Waals surface area contributed by atoms with Crippen molar-refractivity contribution in [2.24, 2.45) is 17.6 Å². The fourth-order valence-electron chi connectivity index (χ4n) is 4.71. The van der Waals surface area contributed by atoms with E-state index in [1.54, 1.807) is 0 Å². The summed E-state index contributed by atoms with van der Waals surface area (Å²) in [4.78, 5) is 26.8. The van der Waals surface area contributed by atoms with E-state index in [9.17, 15) is 9.59 Å². The lowest BCUT2D eigenvalue weighted by Gasteiger charge is -2.34. The third-order valence-corrected chi connectivity index (χ3v) is 6.36. The van der Waals surface area contributed by atoms with Crippen molar-refractivity contribution in [1.29, 1.82) is 0 Å². The Morgan fingerprint density at radius 1 is 0.840 bits per heavy atom. The molecule has 0 unspecified atom stereocenters. The van der Waals surface area contributed by atoms with Gasteiger partial charge in [-0.2, -0.15) is 0 Å². The molecule has 25 heavy (non-hydrogen) atoms. The minimum atomic E-state index is 0.0793. The van der Waals surface area contributed by atoms with E-state index in [0.29, 0.717) is 18.5 Å². The maximum absolute atomic E-state index is 12.5. The number of likely N-dealkylation sites (tertiary alicyclic amines) is 1. The van der Waals surface area contributed by atoms with Crippen LogP contribution < -0.4 is 16.4 Å². The minimum Gasteiger partial charge on any atom is -0.353 e. The van der Waals surface area contributed by atoms with Gasteiger partial charge >= 0.3 is 6.03 Å². The number of urea groups is 1. The van der Waals surface area contributed by atoms with E-state index in [-0.39, 0.29) is 23.9 Å². The van der Waals surface area contributed by atoms with Crippen LogP contribution in [0.5, 0.6) is 0 Å². The quantitative estimate of drug-likeness (QED) is 0.724. The highest BCUT2D eigenvalue weighted by molar-refractivity contribution is 5.79. The summed E-state index contributed by atoms with van der Waals surface area (Å²) >= 11 is 0. The van der Waals surface area contributed by atoms with Crippen molar-refractivity contribution in [3.05, 3.63) is 0 Å². The Hall–Kier alpha value is -1.30. The molecular formula is C19H34N4O2. The number of nitrogens with one attached hydrogen (secondary N) is 2. The monoisotopic (exact) mass is 350 g/mol. The largest absolute Gasteiger partial charge is 0.353 e. The molecule has 1 heterocycles. The van der Waals surface area contributed by atoms with Crippen LogP contribution in [-0.2, 0) is 4.79 Å². The smallest absolute Gasteiger partial charge is 0.317 e. The molecule has 2 atom stereocenters. The predicted molar refractivity (Wildman–Crippen MR) is 98.0 cm³/mol. The Kier molecular flexibility index (Phi) is 6.57. The first-order chi connectivity index (χ1) is 12.2. The molecule has 4 N–H and O–H groups in total. The Labute approximate surface area is 151 Å². The zero-order chi connectivity index (χ0) is 17.6. The Morgan fingerprint density at radius 3 is 2.20 bits per heavy atom. The first-order valence-corrected chi connectivity index (χ1v) is 10.2. The van der Waals surface area contributed by atoms with Crippen LogP contribution in [0.2, 0.25) is 0 Å². The van der Waals surface area contributed by atoms with Gasteiger partial charge < -0.3 is 21.3 Å². The van der Waals surface area contributed by atoms with Crippen LogP contribution in [0.3, 0.4) is 0 Å². The standard InChI is InChI=1S/C19H34N4O2/c20-13-14-5-4-8-17(14)18(24)21-16-9-11-23(12-10-16)19(25)22-15-6-2-1-3-7-15/h14-17H,1-13,20H2,(H,21,24)(H,22,25)/t14-,17-/m1/s1. The van der Waals surface area contributed by atoms with Gasteiger partial charge in [0.15, 0.2) is 0 Å². The zero-order valence-corrected chi connectivity index (χ0v) is 15.3. The van der Waals surface area contributed by atoms with Crippen LogP contribution in [-0.4, -0.2) is 48.6 Å². The van der Waals surface area contributed by atoms with Crippen LogP contribution >= 0.6 is 0 Å². The first-order valence-electron chi connectivity index (χ1n) is 10.2. The van der Waals surface area contributed by atoms with Gasteiger partial charge in [-0.3, -0.25) is 4.79 Å². The molecule has 3 fully saturated rings. The second-order valence-electron chi connectivity index (χ2n) is 8.09. The van der Waals surface area contributed by atoms with E-state index in [1.165, 1.54) is 19.3 Å². The van der Waals surface area contributed by atoms with Gasteiger partial charge in [0, 0.05) is 31.1 Å². The molecule has 0 aromatic rings. The van der Waals surface area contributed by atoms with Gasteiger partial charge in [0.1, 0.15) is 0 Å². The van der Waals surface area contributed by atoms with Crippen LogP contribution in [0.4, 0.5) is 4.79 Å². The second-order valence-corrected chi connectivity index (χ2v) is 8.09. The summed E-state index contributed by atoms with van der Waals surface area (Å²) in [6, 6.07) is 0.634. The summed E-state index contributed by atoms with van der Waals surface area (Å²) in [5.41, 5.74) is 5.79. The topological polar surface area (TPSA) is 87.5 Å². The van der Waals surface area contributed by atoms with Gasteiger partial charge in [0.2, 0.25) is 5.91 Å². The van der Waals surface area contributed by atoms with Crippen LogP contribution in [0.15, 0.2) is 0 Å². The first kappa shape index (κ1) is 18.5. The average Bonchev–Trinajstić information content (AvgIpc) is 3.12. The zero-order valence-electron chi connectivity index (χ0n) is 15.3. The third-order valence-electron chi connectivity index (χ3n) is 6.36. The number of nitrogens with two attached hydrogens (primary N) is 1. The van der Waals surface area contributed by atoms with E-state index in [0.717, 1.165) is 58.0 Å². The molecule has 1 saturated heterocycles. The van der Waals surface area contributed by atoms with Gasteiger partial charge in [-0.05, 0) is 51.0 Å². The molecule has 0 radical (unpaired) electrons. The van der Waals surface area contributed by atoms with Gasteiger partial charge in [0.25, 0.3) is 0 Å². The normalized spacial score (nSPS) is 28.8. The fourth-order valence-corrected chi connectivity index (χ4v) is 4.71. The van der Waals surface area contributed by atoms with E-state index in [2.05, 4.69) is 10.6 Å². The summed E-state index contributed by atoms with van der Waals surface area (Å²) in [6.07, 6.45) is 10.8. The number of carbonyl (C=O) groups is 2. The van der Waals surface area contributed by atoms with Crippen molar-refractivity contribution in [3.63, 3.8) is 0 Å². The lowest BCUT2D eigenvalue weighted by atomic mass is 9.94. The highest BCUT2D eigenvalue weighted by atomic mass is 16.2. The maximum atomic E-state index is 12.5. The number of piperidine rings is 1. The molecule has 2 saturated carbocycles. The highest BCUT2D eigenvalue weighted by Gasteiger charge is 2.33. The molecule has 6 nitrogen and oxygen atoms in total. The molecule has 142 valence electrons. The molecule has 0 aromatic heterocycles. The van der Waals surface area contributed by atoms with Crippen molar-refractivity contribution in [2.75, 3.05) is 19.6 Å². The van der Waals surface area contributed by atoms with Gasteiger partial charge in [0.05, 0.1) is 0 Å². The molecule has 3 rings (SSSR count). The van der Waals surface area contributed by atoms with Gasteiger partial charge in [-0.15, -0.1) is 0 Å². The SMILES string of the molecule is NC[C@H]1CCC[C@H]1C(=O)NC1CCN(C(=O)NC2CCCCC2)CC1. The average molecular weight is 351 g/mol. The van der Waals surface area contributed by atoms with E-state index >= 15 is 0 Å². The summed E-state index contributed by atoms with van der Waals surface area (Å²) in [7, 11) is 0. The van der Waals surface area contributed by atoms with Crippen molar-refractivity contribution in [2.45, 2.75) is 76.3 Å². The highest BCUT2D eigenvalue weighted by Crippen LogP contribution is 2.31. The summed E-state index contributed by atoms with van der Waals surface area (Å²) in [6.45, 7) is 2.07. The lowest BCUT2D eigenvalue weighted by Crippen LogP contribution is -2.52. The Balaban J connectivity index is 1.39.